The fourth-order valence-electron chi connectivity index (χ4n) is 2.64. The van der Waals surface area contributed by atoms with Gasteiger partial charge in [0, 0.05) is 17.3 Å². The largest absolute Gasteiger partial charge is 0.365 e. The lowest BCUT2D eigenvalue weighted by atomic mass is 10.1. The summed E-state index contributed by atoms with van der Waals surface area (Å²) in [4.78, 5) is 29.4. The number of primary amides is 1. The Morgan fingerprint density at radius 3 is 2.75 bits per heavy atom. The maximum absolute atomic E-state index is 12.3. The molecule has 3 aromatic rings. The molecule has 0 saturated carbocycles. The van der Waals surface area contributed by atoms with E-state index in [1.54, 1.807) is 0 Å². The highest BCUT2D eigenvalue weighted by Crippen LogP contribution is 2.32. The number of hydrogen-bond acceptors (Lipinski definition) is 4. The molecule has 0 fully saturated rings. The smallest absolute Gasteiger partial charge is 0.251 e. The number of carbonyl (C=O) groups excluding carboxylic acids is 2. The average molecular weight is 342 g/mol. The number of aryl methyl sites for hydroxylation is 2. The number of anilines is 1. The molecule has 6 nitrogen and oxygen atoms in total. The topological polar surface area (TPSA) is 89.5 Å². The fourth-order valence-corrected chi connectivity index (χ4v) is 3.72. The van der Waals surface area contributed by atoms with Crippen molar-refractivity contribution < 1.29 is 9.59 Å². The first-order valence-electron chi connectivity index (χ1n) is 7.49. The van der Waals surface area contributed by atoms with Gasteiger partial charge in [0.1, 0.15) is 10.6 Å². The van der Waals surface area contributed by atoms with Crippen LogP contribution < -0.4 is 11.1 Å². The van der Waals surface area contributed by atoms with E-state index in [1.165, 1.54) is 11.3 Å². The first-order valence-corrected chi connectivity index (χ1v) is 8.31. The predicted octanol–water partition coefficient (Wildman–Crippen LogP) is 2.60. The van der Waals surface area contributed by atoms with Crippen molar-refractivity contribution in [2.75, 3.05) is 5.32 Å². The van der Waals surface area contributed by atoms with E-state index in [0.29, 0.717) is 16.3 Å². The summed E-state index contributed by atoms with van der Waals surface area (Å²) in [5, 5.41) is 3.29. The fraction of sp³-hybridized carbons (Fsp3) is 0.235. The molecule has 3 rings (SSSR count). The van der Waals surface area contributed by atoms with E-state index in [0.717, 1.165) is 21.7 Å². The number of thiophene rings is 1. The highest BCUT2D eigenvalue weighted by atomic mass is 32.1. The second kappa shape index (κ2) is 6.09. The van der Waals surface area contributed by atoms with Crippen LogP contribution in [0.5, 0.6) is 0 Å². The lowest BCUT2D eigenvalue weighted by Gasteiger charge is -2.03. The monoisotopic (exact) mass is 342 g/mol. The van der Waals surface area contributed by atoms with Crippen LogP contribution >= 0.6 is 11.3 Å². The van der Waals surface area contributed by atoms with Gasteiger partial charge < -0.3 is 15.5 Å². The minimum absolute atomic E-state index is 0.134. The van der Waals surface area contributed by atoms with Crippen LogP contribution in [0, 0.1) is 20.8 Å². The van der Waals surface area contributed by atoms with Gasteiger partial charge in [0.2, 0.25) is 5.91 Å². The van der Waals surface area contributed by atoms with E-state index >= 15 is 0 Å². The normalized spacial score (nSPS) is 11.0. The number of carbonyl (C=O) groups is 2. The summed E-state index contributed by atoms with van der Waals surface area (Å²) in [5.74, 6) is -0.754. The summed E-state index contributed by atoms with van der Waals surface area (Å²) in [6.07, 6.45) is 3.87. The van der Waals surface area contributed by atoms with Crippen LogP contribution in [-0.4, -0.2) is 21.2 Å². The van der Waals surface area contributed by atoms with Gasteiger partial charge in [0.05, 0.1) is 17.7 Å². The third-order valence-electron chi connectivity index (χ3n) is 3.95. The van der Waals surface area contributed by atoms with Gasteiger partial charge in [-0.1, -0.05) is 6.07 Å². The summed E-state index contributed by atoms with van der Waals surface area (Å²) in [7, 11) is 0. The highest BCUT2D eigenvalue weighted by Gasteiger charge is 2.19. The summed E-state index contributed by atoms with van der Waals surface area (Å²) in [5.41, 5.74) is 9.18. The number of nitrogens with zero attached hydrogens (tertiary/aromatic N) is 2. The van der Waals surface area contributed by atoms with Gasteiger partial charge >= 0.3 is 0 Å². The van der Waals surface area contributed by atoms with E-state index in [4.69, 9.17) is 5.73 Å². The van der Waals surface area contributed by atoms with Crippen molar-refractivity contribution in [1.82, 2.24) is 9.38 Å². The van der Waals surface area contributed by atoms with Crippen LogP contribution in [0.3, 0.4) is 0 Å². The van der Waals surface area contributed by atoms with Crippen molar-refractivity contribution in [2.24, 2.45) is 5.73 Å². The second-order valence-electron chi connectivity index (χ2n) is 5.73. The predicted molar refractivity (Wildman–Crippen MR) is 94.6 cm³/mol. The molecule has 0 aliphatic carbocycles. The van der Waals surface area contributed by atoms with E-state index in [2.05, 4.69) is 10.3 Å². The molecule has 0 aliphatic heterocycles. The molecule has 24 heavy (non-hydrogen) atoms. The molecule has 0 saturated heterocycles. The van der Waals surface area contributed by atoms with Gasteiger partial charge in [-0.15, -0.1) is 11.3 Å². The van der Waals surface area contributed by atoms with Crippen LogP contribution in [-0.2, 0) is 11.2 Å². The lowest BCUT2D eigenvalue weighted by Crippen LogP contribution is -2.18. The Hall–Kier alpha value is -2.67. The van der Waals surface area contributed by atoms with Gasteiger partial charge in [0.15, 0.2) is 0 Å². The lowest BCUT2D eigenvalue weighted by molar-refractivity contribution is -0.115. The molecule has 0 aromatic carbocycles. The SMILES string of the molecule is Cc1sc(NC(=O)Cc2cn3cccc(C)c3n2)c(C(N)=O)c1C. The second-order valence-corrected chi connectivity index (χ2v) is 6.96. The molecule has 0 atom stereocenters. The van der Waals surface area contributed by atoms with Crippen molar-refractivity contribution in [3.05, 3.63) is 51.8 Å². The Labute approximate surface area is 143 Å². The van der Waals surface area contributed by atoms with Gasteiger partial charge in [-0.05, 0) is 38.0 Å². The number of pyridine rings is 1. The van der Waals surface area contributed by atoms with E-state index in [9.17, 15) is 9.59 Å². The standard InChI is InChI=1S/C17H18N4O2S/c1-9-5-4-6-21-8-12(19-16(9)21)7-13(22)20-17-14(15(18)23)10(2)11(3)24-17/h4-6,8H,7H2,1-3H3,(H2,18,23)(H,20,22). The molecule has 0 bridgehead atoms. The van der Waals surface area contributed by atoms with Gasteiger partial charge in [0.25, 0.3) is 5.91 Å². The first-order chi connectivity index (χ1) is 11.4. The molecule has 3 aromatic heterocycles. The maximum atomic E-state index is 12.3. The highest BCUT2D eigenvalue weighted by molar-refractivity contribution is 7.16. The number of hydrogen-bond donors (Lipinski definition) is 2. The summed E-state index contributed by atoms with van der Waals surface area (Å²) in [6.45, 7) is 5.70. The number of nitrogens with one attached hydrogen (secondary N) is 1. The van der Waals surface area contributed by atoms with Gasteiger partial charge in [-0.2, -0.15) is 0 Å². The van der Waals surface area contributed by atoms with Gasteiger partial charge in [-0.25, -0.2) is 4.98 Å². The molecule has 3 heterocycles. The minimum atomic E-state index is -0.532. The number of aromatic nitrogens is 2. The molecular weight excluding hydrogens is 324 g/mol. The zero-order valence-electron chi connectivity index (χ0n) is 13.7. The van der Waals surface area contributed by atoms with Crippen LogP contribution in [0.2, 0.25) is 0 Å². The Morgan fingerprint density at radius 1 is 1.33 bits per heavy atom. The zero-order valence-corrected chi connectivity index (χ0v) is 14.5. The number of imidazole rings is 1. The molecule has 0 aliphatic rings. The van der Waals surface area contributed by atoms with Crippen LogP contribution in [0.1, 0.15) is 32.1 Å². The van der Waals surface area contributed by atoms with Crippen molar-refractivity contribution in [1.29, 1.82) is 0 Å². The number of amides is 2. The first kappa shape index (κ1) is 16.2. The molecule has 0 unspecified atom stereocenters. The molecule has 3 N–H and O–H groups in total. The van der Waals surface area contributed by atoms with Crippen LogP contribution in [0.15, 0.2) is 24.5 Å². The third-order valence-corrected chi connectivity index (χ3v) is 5.08. The number of fused-ring (bicyclic) bond motifs is 1. The Morgan fingerprint density at radius 2 is 2.08 bits per heavy atom. The average Bonchev–Trinajstić information content (AvgIpc) is 3.01. The summed E-state index contributed by atoms with van der Waals surface area (Å²) >= 11 is 1.36. The van der Waals surface area contributed by atoms with E-state index in [1.807, 2.05) is 49.7 Å². The molecule has 124 valence electrons. The van der Waals surface area contributed by atoms with Crippen molar-refractivity contribution >= 4 is 33.8 Å². The molecular formula is C17H18N4O2S. The Balaban J connectivity index is 1.82. The van der Waals surface area contributed by atoms with Crippen LogP contribution in [0.4, 0.5) is 5.00 Å². The molecule has 0 radical (unpaired) electrons. The van der Waals surface area contributed by atoms with E-state index < -0.39 is 5.91 Å². The number of nitrogens with two attached hydrogens (primary N) is 1. The van der Waals surface area contributed by atoms with Crippen LogP contribution in [0.25, 0.3) is 5.65 Å². The summed E-state index contributed by atoms with van der Waals surface area (Å²) in [6, 6.07) is 3.91. The van der Waals surface area contributed by atoms with Crippen molar-refractivity contribution in [3.8, 4) is 0 Å². The van der Waals surface area contributed by atoms with E-state index in [-0.39, 0.29) is 12.3 Å². The zero-order chi connectivity index (χ0) is 17.4. The Bertz CT molecular complexity index is 955. The van der Waals surface area contributed by atoms with Crippen molar-refractivity contribution in [3.63, 3.8) is 0 Å². The molecule has 2 amide bonds. The third kappa shape index (κ3) is 2.90. The Kier molecular flexibility index (Phi) is 4.11. The van der Waals surface area contributed by atoms with Gasteiger partial charge in [-0.3, -0.25) is 9.59 Å². The maximum Gasteiger partial charge on any atom is 0.251 e. The molecule has 7 heteroatoms. The minimum Gasteiger partial charge on any atom is -0.365 e. The quantitative estimate of drug-likeness (QED) is 0.764. The van der Waals surface area contributed by atoms with Crippen molar-refractivity contribution in [2.45, 2.75) is 27.2 Å². The molecule has 0 spiro atoms. The number of rotatable bonds is 4. The summed E-state index contributed by atoms with van der Waals surface area (Å²) < 4.78 is 1.90.